The second-order valence-electron chi connectivity index (χ2n) is 16.1. The molecule has 4 rings (SSSR count). The topological polar surface area (TPSA) is 145 Å². The Morgan fingerprint density at radius 3 is 0.797 bits per heavy atom. The van der Waals surface area contributed by atoms with Gasteiger partial charge < -0.3 is 36.2 Å². The molecule has 0 aliphatic carbocycles. The second-order valence-corrected chi connectivity index (χ2v) is 22.5. The Morgan fingerprint density at radius 1 is 0.359 bits per heavy atom. The first-order chi connectivity index (χ1) is 29.8. The van der Waals surface area contributed by atoms with E-state index in [1.165, 1.54) is 39.6 Å². The summed E-state index contributed by atoms with van der Waals surface area (Å²) >= 11 is 0. The maximum atomic E-state index is 12.4. The molecule has 0 aromatic heterocycles. The highest BCUT2D eigenvalue weighted by Gasteiger charge is 2.33. The number of hydrogen-bond donors (Lipinski definition) is 0. The van der Waals surface area contributed by atoms with Crippen LogP contribution in [0.5, 0.6) is 23.0 Å². The predicted molar refractivity (Wildman–Crippen MR) is 256 cm³/mol. The highest BCUT2D eigenvalue weighted by Crippen LogP contribution is 2.52. The molecule has 0 aliphatic heterocycles. The number of hydrogen-bond acceptors (Lipinski definition) is 14. The molecule has 356 valence electrons. The van der Waals surface area contributed by atoms with Crippen LogP contribution in [0.25, 0.3) is 0 Å². The molecule has 0 N–H and O–H groups in total. The van der Waals surface area contributed by atoms with Crippen LogP contribution in [-0.4, -0.2) is 56.9 Å². The summed E-state index contributed by atoms with van der Waals surface area (Å²) in [6, 6.07) is 16.2. The molecular formula is C46H68O14P4. The minimum atomic E-state index is -3.66. The zero-order valence-electron chi connectivity index (χ0n) is 41.1. The van der Waals surface area contributed by atoms with E-state index in [4.69, 9.17) is 54.3 Å². The third-order valence-corrected chi connectivity index (χ3v) is 15.6. The quantitative estimate of drug-likeness (QED) is 0.0774. The van der Waals surface area contributed by atoms with E-state index < -0.39 is 32.9 Å². The molecule has 4 aromatic rings. The highest BCUT2D eigenvalue weighted by atomic mass is 31.2. The second kappa shape index (κ2) is 23.2. The van der Waals surface area contributed by atoms with Crippen molar-refractivity contribution in [3.63, 3.8) is 0 Å². The van der Waals surface area contributed by atoms with Gasteiger partial charge in [-0.3, -0.25) is 18.1 Å². The van der Waals surface area contributed by atoms with E-state index in [1.54, 1.807) is 28.4 Å². The molecule has 0 bridgehead atoms. The monoisotopic (exact) mass is 968 g/mol. The Kier molecular flexibility index (Phi) is 20.1. The number of benzene rings is 4. The molecule has 0 saturated heterocycles. The summed E-state index contributed by atoms with van der Waals surface area (Å²) in [6.45, 7) is 24.7. The summed E-state index contributed by atoms with van der Waals surface area (Å²) in [5, 5.41) is 0. The molecule has 0 atom stereocenters. The van der Waals surface area contributed by atoms with Crippen molar-refractivity contribution in [2.24, 2.45) is 0 Å². The lowest BCUT2D eigenvalue weighted by Crippen LogP contribution is -2.22. The van der Waals surface area contributed by atoms with E-state index in [0.29, 0.717) is 11.5 Å². The lowest BCUT2D eigenvalue weighted by molar-refractivity contribution is 0.209. The van der Waals surface area contributed by atoms with Crippen molar-refractivity contribution in [2.45, 2.75) is 93.9 Å². The van der Waals surface area contributed by atoms with Crippen molar-refractivity contribution >= 4 is 32.9 Å². The van der Waals surface area contributed by atoms with Crippen molar-refractivity contribution in [1.29, 1.82) is 0 Å². The Balaban J connectivity index is 0.000000341. The van der Waals surface area contributed by atoms with E-state index in [1.807, 2.05) is 65.8 Å². The van der Waals surface area contributed by atoms with Crippen LogP contribution in [0.15, 0.2) is 48.5 Å². The fourth-order valence-electron chi connectivity index (χ4n) is 7.53. The van der Waals surface area contributed by atoms with Gasteiger partial charge in [0.2, 0.25) is 0 Å². The zero-order chi connectivity index (χ0) is 48.5. The molecule has 0 amide bonds. The van der Waals surface area contributed by atoms with Crippen LogP contribution < -0.4 is 18.1 Å². The standard InChI is InChI=1S/C23H34O8P2.C23H34O6P2/c1-15-13-21(30-32(24,26-7)27-8)17(3)11-19(15)23(5,6)20-12-18(4)22(14-16(20)2)31-33(25,28-9)29-10;1-15-13-21(28-30(24-7)25-8)17(3)11-19(15)23(5,6)20-12-18(4)22(14-16(20)2)29-31(26-9)27-10/h11-14H,1-10H3;11-14H,1-10H3. The first-order valence-electron chi connectivity index (χ1n) is 20.3. The molecule has 0 heterocycles. The average Bonchev–Trinajstić information content (AvgIpc) is 3.25. The first kappa shape index (κ1) is 55.4. The van der Waals surface area contributed by atoms with Gasteiger partial charge in [0.25, 0.3) is 0 Å². The summed E-state index contributed by atoms with van der Waals surface area (Å²) < 4.78 is 88.3. The maximum absolute atomic E-state index is 12.4. The fourth-order valence-corrected chi connectivity index (χ4v) is 10.3. The Morgan fingerprint density at radius 2 is 0.578 bits per heavy atom. The predicted octanol–water partition coefficient (Wildman–Crippen LogP) is 13.8. The molecule has 0 saturated carbocycles. The highest BCUT2D eigenvalue weighted by molar-refractivity contribution is 7.49. The summed E-state index contributed by atoms with van der Waals surface area (Å²) in [6.07, 6.45) is 0. The van der Waals surface area contributed by atoms with Gasteiger partial charge in [-0.25, -0.2) is 9.13 Å². The van der Waals surface area contributed by atoms with Crippen LogP contribution in [0.3, 0.4) is 0 Å². The molecule has 0 radical (unpaired) electrons. The van der Waals surface area contributed by atoms with Crippen LogP contribution in [0.4, 0.5) is 0 Å². The molecule has 14 nitrogen and oxygen atoms in total. The van der Waals surface area contributed by atoms with E-state index in [0.717, 1.165) is 67.1 Å². The maximum Gasteiger partial charge on any atom is 0.529 e. The van der Waals surface area contributed by atoms with Crippen molar-refractivity contribution in [1.82, 2.24) is 0 Å². The number of aryl methyl sites for hydroxylation is 8. The van der Waals surface area contributed by atoms with Gasteiger partial charge in [0.1, 0.15) is 23.0 Å². The van der Waals surface area contributed by atoms with Gasteiger partial charge >= 0.3 is 32.9 Å². The lowest BCUT2D eigenvalue weighted by Gasteiger charge is -2.31. The lowest BCUT2D eigenvalue weighted by atomic mass is 9.73. The van der Waals surface area contributed by atoms with Crippen molar-refractivity contribution in [3.05, 3.63) is 115 Å². The van der Waals surface area contributed by atoms with Crippen LogP contribution in [0, 0.1) is 55.4 Å². The van der Waals surface area contributed by atoms with Gasteiger partial charge in [0.15, 0.2) is 0 Å². The van der Waals surface area contributed by atoms with Crippen molar-refractivity contribution in [3.8, 4) is 23.0 Å². The molecular weight excluding hydrogens is 900 g/mol. The van der Waals surface area contributed by atoms with Crippen LogP contribution in [-0.2, 0) is 56.2 Å². The molecule has 0 unspecified atom stereocenters. The SMILES string of the molecule is COP(=O)(OC)Oc1cc(C)c(C(C)(C)c2cc(C)c(OP(=O)(OC)OC)cc2C)cc1C.COP(OC)Oc1cc(C)c(C(C)(C)c2cc(C)c(OP(OC)OC)cc2C)cc1C. The summed E-state index contributed by atoms with van der Waals surface area (Å²) in [4.78, 5) is 0. The van der Waals surface area contributed by atoms with Gasteiger partial charge in [-0.1, -0.05) is 52.0 Å². The Hall–Kier alpha value is -2.92. The van der Waals surface area contributed by atoms with E-state index in [9.17, 15) is 9.13 Å². The number of phosphoric acid groups is 2. The average molecular weight is 969 g/mol. The third-order valence-electron chi connectivity index (χ3n) is 11.0. The molecule has 0 fully saturated rings. The van der Waals surface area contributed by atoms with Crippen molar-refractivity contribution < 1.29 is 63.4 Å². The summed E-state index contributed by atoms with van der Waals surface area (Å²) in [5.74, 6) is 2.42. The molecule has 0 spiro atoms. The Bertz CT molecular complexity index is 2150. The number of phosphoric ester groups is 2. The fraction of sp³-hybridized carbons (Fsp3) is 0.478. The van der Waals surface area contributed by atoms with E-state index in [-0.39, 0.29) is 10.8 Å². The third kappa shape index (κ3) is 13.2. The summed E-state index contributed by atoms with van der Waals surface area (Å²) in [7, 11) is 1.31. The van der Waals surface area contributed by atoms with Gasteiger partial charge in [-0.15, -0.1) is 0 Å². The van der Waals surface area contributed by atoms with Gasteiger partial charge in [0.05, 0.1) is 0 Å². The van der Waals surface area contributed by atoms with Gasteiger partial charge in [-0.2, -0.15) is 0 Å². The molecule has 18 heteroatoms. The van der Waals surface area contributed by atoms with Crippen LogP contribution in [0.2, 0.25) is 0 Å². The van der Waals surface area contributed by atoms with E-state index >= 15 is 0 Å². The van der Waals surface area contributed by atoms with Crippen LogP contribution >= 0.6 is 32.9 Å². The first-order valence-corrected chi connectivity index (χ1v) is 25.4. The van der Waals surface area contributed by atoms with Gasteiger partial charge in [-0.05, 0) is 146 Å². The zero-order valence-corrected chi connectivity index (χ0v) is 44.7. The largest absolute Gasteiger partial charge is 0.529 e. The normalized spacial score (nSPS) is 12.3. The molecule has 64 heavy (non-hydrogen) atoms. The summed E-state index contributed by atoms with van der Waals surface area (Å²) in [5.41, 5.74) is 11.9. The van der Waals surface area contributed by atoms with Gasteiger partial charge in [0, 0.05) is 67.7 Å². The van der Waals surface area contributed by atoms with Crippen LogP contribution in [0.1, 0.15) is 94.5 Å². The van der Waals surface area contributed by atoms with Crippen molar-refractivity contribution in [2.75, 3.05) is 56.9 Å². The minimum Gasteiger partial charge on any atom is -0.426 e. The number of rotatable bonds is 20. The smallest absolute Gasteiger partial charge is 0.426 e. The molecule has 0 aliphatic rings. The van der Waals surface area contributed by atoms with E-state index in [2.05, 4.69) is 65.8 Å². The molecule has 4 aromatic carbocycles. The Labute approximate surface area is 384 Å². The minimum absolute atomic E-state index is 0.221.